The van der Waals surface area contributed by atoms with Crippen molar-refractivity contribution in [2.24, 2.45) is 11.7 Å². The summed E-state index contributed by atoms with van der Waals surface area (Å²) in [5, 5.41) is 0.411. The van der Waals surface area contributed by atoms with Crippen LogP contribution in [0.2, 0.25) is 0 Å². The topological polar surface area (TPSA) is 107 Å². The Hall–Kier alpha value is -2.90. The van der Waals surface area contributed by atoms with Gasteiger partial charge in [-0.3, -0.25) is 23.5 Å². The molecule has 0 radical (unpaired) electrons. The molecule has 2 amide bonds. The van der Waals surface area contributed by atoms with Crippen LogP contribution in [0.4, 0.5) is 0 Å². The predicted octanol–water partition coefficient (Wildman–Crippen LogP) is -0.0930. The van der Waals surface area contributed by atoms with Crippen molar-refractivity contribution in [3.8, 4) is 0 Å². The zero-order chi connectivity index (χ0) is 18.8. The molecule has 2 N–H and O–H groups in total. The summed E-state index contributed by atoms with van der Waals surface area (Å²) < 4.78 is 2.48. The number of para-hydroxylation sites is 1. The number of likely N-dealkylation sites (tertiary alicyclic amines) is 1. The quantitative estimate of drug-likeness (QED) is 0.824. The zero-order valence-corrected chi connectivity index (χ0v) is 14.7. The smallest absolute Gasteiger partial charge is 0.331 e. The van der Waals surface area contributed by atoms with Crippen molar-refractivity contribution in [1.29, 1.82) is 0 Å². The molecule has 0 spiro atoms. The van der Waals surface area contributed by atoms with Crippen molar-refractivity contribution < 1.29 is 9.59 Å². The molecule has 1 aromatic carbocycles. The van der Waals surface area contributed by atoms with Crippen LogP contribution in [-0.2, 0) is 22.7 Å². The summed E-state index contributed by atoms with van der Waals surface area (Å²) in [6.07, 6.45) is 1.07. The lowest BCUT2D eigenvalue weighted by atomic mass is 9.96. The molecule has 0 atom stereocenters. The predicted molar refractivity (Wildman–Crippen MR) is 96.6 cm³/mol. The Bertz CT molecular complexity index is 967. The van der Waals surface area contributed by atoms with Gasteiger partial charge >= 0.3 is 5.69 Å². The summed E-state index contributed by atoms with van der Waals surface area (Å²) in [6.45, 7) is 2.69. The lowest BCUT2D eigenvalue weighted by molar-refractivity contribution is -0.135. The molecule has 1 aromatic heterocycles. The third-order valence-electron chi connectivity index (χ3n) is 4.99. The molecule has 2 heterocycles. The lowest BCUT2D eigenvalue weighted by Crippen LogP contribution is -2.46. The van der Waals surface area contributed by atoms with Crippen molar-refractivity contribution in [1.82, 2.24) is 14.0 Å². The average molecular weight is 358 g/mol. The molecule has 138 valence electrons. The second kappa shape index (κ2) is 7.15. The Morgan fingerprint density at radius 2 is 1.77 bits per heavy atom. The normalized spacial score (nSPS) is 15.3. The largest absolute Gasteiger partial charge is 0.369 e. The summed E-state index contributed by atoms with van der Waals surface area (Å²) in [4.78, 5) is 50.7. The van der Waals surface area contributed by atoms with Gasteiger partial charge in [-0.05, 0) is 31.9 Å². The van der Waals surface area contributed by atoms with Gasteiger partial charge in [-0.25, -0.2) is 4.79 Å². The van der Waals surface area contributed by atoms with E-state index in [1.807, 2.05) is 0 Å². The van der Waals surface area contributed by atoms with Crippen molar-refractivity contribution in [3.63, 3.8) is 0 Å². The Labute approximate surface area is 149 Å². The summed E-state index contributed by atoms with van der Waals surface area (Å²) in [5.41, 5.74) is 4.93. The number of rotatable bonds is 4. The summed E-state index contributed by atoms with van der Waals surface area (Å²) in [7, 11) is 0. The third kappa shape index (κ3) is 3.14. The maximum absolute atomic E-state index is 12.7. The molecule has 0 unspecified atom stereocenters. The molecule has 0 saturated carbocycles. The van der Waals surface area contributed by atoms with Crippen molar-refractivity contribution >= 4 is 22.7 Å². The molecule has 3 rings (SSSR count). The average Bonchev–Trinajstić information content (AvgIpc) is 2.65. The highest BCUT2D eigenvalue weighted by Crippen LogP contribution is 2.17. The number of nitrogens with zero attached hydrogens (tertiary/aromatic N) is 3. The first kappa shape index (κ1) is 17.9. The van der Waals surface area contributed by atoms with Gasteiger partial charge in [0.05, 0.1) is 10.9 Å². The van der Waals surface area contributed by atoms with E-state index in [9.17, 15) is 19.2 Å². The monoisotopic (exact) mass is 358 g/mol. The minimum Gasteiger partial charge on any atom is -0.369 e. The molecular formula is C18H22N4O4. The van der Waals surface area contributed by atoms with Gasteiger partial charge in [0.25, 0.3) is 5.56 Å². The number of aromatic nitrogens is 2. The van der Waals surface area contributed by atoms with Gasteiger partial charge in [-0.2, -0.15) is 0 Å². The fourth-order valence-electron chi connectivity index (χ4n) is 3.45. The molecule has 1 saturated heterocycles. The molecule has 8 heteroatoms. The number of carbonyl (C=O) groups is 2. The zero-order valence-electron chi connectivity index (χ0n) is 14.7. The molecule has 1 aliphatic heterocycles. The first-order chi connectivity index (χ1) is 12.4. The van der Waals surface area contributed by atoms with Crippen LogP contribution in [0.25, 0.3) is 10.9 Å². The van der Waals surface area contributed by atoms with Gasteiger partial charge in [0.15, 0.2) is 0 Å². The van der Waals surface area contributed by atoms with Crippen molar-refractivity contribution in [2.75, 3.05) is 13.1 Å². The van der Waals surface area contributed by atoms with E-state index in [0.29, 0.717) is 36.8 Å². The summed E-state index contributed by atoms with van der Waals surface area (Å²) in [5.74, 6) is -0.750. The number of nitrogens with two attached hydrogens (primary N) is 1. The first-order valence-electron chi connectivity index (χ1n) is 8.73. The number of piperidine rings is 1. The van der Waals surface area contributed by atoms with E-state index in [-0.39, 0.29) is 36.4 Å². The molecule has 26 heavy (non-hydrogen) atoms. The lowest BCUT2D eigenvalue weighted by Gasteiger charge is -2.30. The van der Waals surface area contributed by atoms with Gasteiger partial charge in [-0.15, -0.1) is 0 Å². The van der Waals surface area contributed by atoms with Crippen LogP contribution in [0, 0.1) is 5.92 Å². The van der Waals surface area contributed by atoms with Gasteiger partial charge < -0.3 is 10.6 Å². The van der Waals surface area contributed by atoms with E-state index in [0.717, 1.165) is 4.57 Å². The van der Waals surface area contributed by atoms with Crippen LogP contribution in [0.15, 0.2) is 33.9 Å². The number of hydrogen-bond acceptors (Lipinski definition) is 4. The Morgan fingerprint density at radius 1 is 1.12 bits per heavy atom. The highest BCUT2D eigenvalue weighted by molar-refractivity contribution is 5.82. The Kier molecular flexibility index (Phi) is 4.92. The summed E-state index contributed by atoms with van der Waals surface area (Å²) in [6, 6.07) is 6.79. The Morgan fingerprint density at radius 3 is 2.38 bits per heavy atom. The second-order valence-electron chi connectivity index (χ2n) is 6.49. The molecule has 1 fully saturated rings. The number of hydrogen-bond donors (Lipinski definition) is 1. The molecule has 1 aliphatic rings. The highest BCUT2D eigenvalue weighted by atomic mass is 16.2. The number of primary amides is 1. The highest BCUT2D eigenvalue weighted by Gasteiger charge is 2.26. The van der Waals surface area contributed by atoms with Crippen molar-refractivity contribution in [2.45, 2.75) is 32.9 Å². The minimum atomic E-state index is -0.489. The second-order valence-corrected chi connectivity index (χ2v) is 6.49. The number of benzene rings is 1. The number of amides is 2. The third-order valence-corrected chi connectivity index (χ3v) is 4.99. The van der Waals surface area contributed by atoms with Crippen LogP contribution in [-0.4, -0.2) is 38.9 Å². The van der Waals surface area contributed by atoms with E-state index in [1.165, 1.54) is 4.57 Å². The molecule has 0 bridgehead atoms. The van der Waals surface area contributed by atoms with Crippen LogP contribution < -0.4 is 17.0 Å². The summed E-state index contributed by atoms with van der Waals surface area (Å²) >= 11 is 0. The standard InChI is InChI=1S/C18H22N4O4/c1-2-21-17(25)13-5-3-4-6-14(13)22(18(21)26)11-15(23)20-9-7-12(8-10-20)16(19)24/h3-6,12H,2,7-11H2,1H3,(H2,19,24). The Balaban J connectivity index is 1.92. The number of fused-ring (bicyclic) bond motifs is 1. The fraction of sp³-hybridized carbons (Fsp3) is 0.444. The fourth-order valence-corrected chi connectivity index (χ4v) is 3.45. The first-order valence-corrected chi connectivity index (χ1v) is 8.73. The van der Waals surface area contributed by atoms with Crippen LogP contribution in [0.3, 0.4) is 0 Å². The van der Waals surface area contributed by atoms with Gasteiger partial charge in [0, 0.05) is 25.6 Å². The van der Waals surface area contributed by atoms with E-state index in [2.05, 4.69) is 0 Å². The van der Waals surface area contributed by atoms with Crippen LogP contribution in [0.5, 0.6) is 0 Å². The molecule has 2 aromatic rings. The van der Waals surface area contributed by atoms with E-state index >= 15 is 0 Å². The van der Waals surface area contributed by atoms with Crippen LogP contribution in [0.1, 0.15) is 19.8 Å². The van der Waals surface area contributed by atoms with Gasteiger partial charge in [0.1, 0.15) is 6.54 Å². The van der Waals surface area contributed by atoms with Gasteiger partial charge in [-0.1, -0.05) is 12.1 Å². The molecule has 0 aliphatic carbocycles. The maximum Gasteiger partial charge on any atom is 0.331 e. The molecular weight excluding hydrogens is 336 g/mol. The van der Waals surface area contributed by atoms with E-state index in [4.69, 9.17) is 5.73 Å². The van der Waals surface area contributed by atoms with Crippen molar-refractivity contribution in [3.05, 3.63) is 45.1 Å². The van der Waals surface area contributed by atoms with Gasteiger partial charge in [0.2, 0.25) is 11.8 Å². The van der Waals surface area contributed by atoms with E-state index < -0.39 is 5.69 Å². The minimum absolute atomic E-state index is 0.138. The molecule has 8 nitrogen and oxygen atoms in total. The number of carbonyl (C=O) groups excluding carboxylic acids is 2. The maximum atomic E-state index is 12.7. The van der Waals surface area contributed by atoms with Crippen LogP contribution >= 0.6 is 0 Å². The van der Waals surface area contributed by atoms with E-state index in [1.54, 1.807) is 36.1 Å². The SMILES string of the molecule is CCn1c(=O)c2ccccc2n(CC(=O)N2CCC(C(N)=O)CC2)c1=O.